The first-order valence-corrected chi connectivity index (χ1v) is 11.5. The Hall–Kier alpha value is -3.02. The second-order valence-electron chi connectivity index (χ2n) is 6.79. The van der Waals surface area contributed by atoms with Crippen LogP contribution in [0.5, 0.6) is 5.75 Å². The van der Waals surface area contributed by atoms with Crippen LogP contribution in [-0.4, -0.2) is 18.4 Å². The maximum atomic E-state index is 12.4. The lowest BCUT2D eigenvalue weighted by molar-refractivity contribution is -0.118. The molecule has 0 aromatic heterocycles. The van der Waals surface area contributed by atoms with Crippen molar-refractivity contribution in [3.05, 3.63) is 91.3 Å². The maximum Gasteiger partial charge on any atom is 0.266 e. The number of nitrogens with zero attached hydrogens (tertiary/aromatic N) is 1. The van der Waals surface area contributed by atoms with E-state index in [2.05, 4.69) is 26.6 Å². The van der Waals surface area contributed by atoms with Crippen LogP contribution in [0.3, 0.4) is 0 Å². The van der Waals surface area contributed by atoms with Crippen LogP contribution in [0.25, 0.3) is 6.08 Å². The van der Waals surface area contributed by atoms with Crippen LogP contribution in [0.1, 0.15) is 5.56 Å². The smallest absolute Gasteiger partial charge is 0.266 e. The predicted molar refractivity (Wildman–Crippen MR) is 138 cm³/mol. The molecule has 0 aliphatic rings. The number of carbonyl (C=O) groups excluding carboxylic acids is 2. The van der Waals surface area contributed by atoms with Gasteiger partial charge in [0.05, 0.1) is 14.5 Å². The molecule has 0 spiro atoms. The zero-order valence-electron chi connectivity index (χ0n) is 17.2. The fraction of sp³-hybridized carbons (Fsp3) is 0.0417. The zero-order valence-corrected chi connectivity index (χ0v) is 21.1. The van der Waals surface area contributed by atoms with Gasteiger partial charge in [0.1, 0.15) is 17.4 Å². The zero-order chi connectivity index (χ0) is 24.7. The lowest BCUT2D eigenvalue weighted by Gasteiger charge is -2.10. The summed E-state index contributed by atoms with van der Waals surface area (Å²) in [4.78, 5) is 24.6. The molecule has 3 aromatic rings. The number of nitrogens with one attached hydrogen (secondary N) is 2. The Labute approximate surface area is 219 Å². The average molecular weight is 580 g/mol. The first kappa shape index (κ1) is 25.6. The molecule has 172 valence electrons. The number of amides is 2. The van der Waals surface area contributed by atoms with Gasteiger partial charge in [-0.2, -0.15) is 5.26 Å². The van der Waals surface area contributed by atoms with Crippen molar-refractivity contribution in [3.8, 4) is 11.8 Å². The van der Waals surface area contributed by atoms with Gasteiger partial charge in [0.15, 0.2) is 6.61 Å². The van der Waals surface area contributed by atoms with E-state index in [1.807, 2.05) is 6.07 Å². The highest BCUT2D eigenvalue weighted by Gasteiger charge is 2.12. The summed E-state index contributed by atoms with van der Waals surface area (Å²) >= 11 is 21.1. The van der Waals surface area contributed by atoms with E-state index >= 15 is 0 Å². The minimum Gasteiger partial charge on any atom is -0.483 e. The molecule has 0 unspecified atom stereocenters. The molecule has 34 heavy (non-hydrogen) atoms. The summed E-state index contributed by atoms with van der Waals surface area (Å²) in [6.45, 7) is -0.250. The van der Waals surface area contributed by atoms with E-state index < -0.39 is 11.8 Å². The number of anilines is 2. The monoisotopic (exact) mass is 577 g/mol. The summed E-state index contributed by atoms with van der Waals surface area (Å²) < 4.78 is 6.09. The topological polar surface area (TPSA) is 91.2 Å². The van der Waals surface area contributed by atoms with Crippen molar-refractivity contribution in [1.29, 1.82) is 5.26 Å². The molecule has 3 aromatic carbocycles. The van der Waals surface area contributed by atoms with E-state index in [0.717, 1.165) is 0 Å². The first-order chi connectivity index (χ1) is 16.2. The number of benzene rings is 3. The molecular formula is C24H15BrCl3N3O3. The molecule has 2 N–H and O–H groups in total. The van der Waals surface area contributed by atoms with Crippen LogP contribution in [-0.2, 0) is 9.59 Å². The number of halogens is 4. The molecule has 0 radical (unpaired) electrons. The number of nitriles is 1. The van der Waals surface area contributed by atoms with Crippen molar-refractivity contribution in [2.45, 2.75) is 0 Å². The van der Waals surface area contributed by atoms with Crippen molar-refractivity contribution in [2.75, 3.05) is 17.2 Å². The molecule has 0 fully saturated rings. The van der Waals surface area contributed by atoms with Crippen molar-refractivity contribution < 1.29 is 14.3 Å². The van der Waals surface area contributed by atoms with E-state index in [1.165, 1.54) is 12.1 Å². The molecule has 0 saturated heterocycles. The minimum absolute atomic E-state index is 0.0958. The predicted octanol–water partition coefficient (Wildman–Crippen LogP) is 6.97. The van der Waals surface area contributed by atoms with Gasteiger partial charge in [-0.3, -0.25) is 9.59 Å². The van der Waals surface area contributed by atoms with Gasteiger partial charge in [-0.15, -0.1) is 0 Å². The molecule has 10 heteroatoms. The van der Waals surface area contributed by atoms with Gasteiger partial charge >= 0.3 is 0 Å². The number of ether oxygens (including phenoxy) is 1. The Morgan fingerprint density at radius 1 is 0.971 bits per heavy atom. The molecule has 2 amide bonds. The Bertz CT molecular complexity index is 1320. The van der Waals surface area contributed by atoms with Gasteiger partial charge in [0, 0.05) is 16.4 Å². The summed E-state index contributed by atoms with van der Waals surface area (Å²) in [6, 6.07) is 18.2. The average Bonchev–Trinajstić information content (AvgIpc) is 2.79. The highest BCUT2D eigenvalue weighted by atomic mass is 79.9. The lowest BCUT2D eigenvalue weighted by atomic mass is 10.1. The fourth-order valence-corrected chi connectivity index (χ4v) is 3.72. The molecule has 6 nitrogen and oxygen atoms in total. The number of hydrogen-bond acceptors (Lipinski definition) is 4. The summed E-state index contributed by atoms with van der Waals surface area (Å²) in [5, 5.41) is 15.9. The third kappa shape index (κ3) is 7.24. The number of rotatable bonds is 7. The third-order valence-corrected chi connectivity index (χ3v) is 5.87. The Morgan fingerprint density at radius 2 is 1.74 bits per heavy atom. The van der Waals surface area contributed by atoms with Gasteiger partial charge in [0.25, 0.3) is 11.8 Å². The molecule has 0 bridgehead atoms. The Kier molecular flexibility index (Phi) is 8.97. The molecular weight excluding hydrogens is 565 g/mol. The van der Waals surface area contributed by atoms with Gasteiger partial charge in [-0.05, 0) is 76.1 Å². The highest BCUT2D eigenvalue weighted by molar-refractivity contribution is 9.10. The van der Waals surface area contributed by atoms with Crippen molar-refractivity contribution >= 4 is 80.0 Å². The molecule has 3 rings (SSSR count). The number of carbonyl (C=O) groups is 2. The molecule has 0 aliphatic carbocycles. The van der Waals surface area contributed by atoms with E-state index in [0.29, 0.717) is 42.2 Å². The summed E-state index contributed by atoms with van der Waals surface area (Å²) in [6.07, 6.45) is 1.44. The minimum atomic E-state index is -0.569. The Balaban J connectivity index is 1.63. The van der Waals surface area contributed by atoms with E-state index in [9.17, 15) is 14.9 Å². The molecule has 0 atom stereocenters. The quantitative estimate of drug-likeness (QED) is 0.234. The van der Waals surface area contributed by atoms with E-state index in [-0.39, 0.29) is 12.2 Å². The summed E-state index contributed by atoms with van der Waals surface area (Å²) in [7, 11) is 0. The van der Waals surface area contributed by atoms with Crippen LogP contribution < -0.4 is 15.4 Å². The second kappa shape index (κ2) is 11.9. The fourth-order valence-electron chi connectivity index (χ4n) is 2.72. The SMILES string of the molecule is N#C/C(=C/c1ccc(OCC(=O)Nc2ccc(Cl)c(Cl)c2)c(Br)c1)C(=O)Nc1cccc(Cl)c1. The summed E-state index contributed by atoms with van der Waals surface area (Å²) in [5.74, 6) is -0.553. The van der Waals surface area contributed by atoms with Crippen LogP contribution in [0, 0.1) is 11.3 Å². The van der Waals surface area contributed by atoms with Crippen molar-refractivity contribution in [1.82, 2.24) is 0 Å². The normalized spacial score (nSPS) is 10.9. The Morgan fingerprint density at radius 3 is 2.41 bits per heavy atom. The highest BCUT2D eigenvalue weighted by Crippen LogP contribution is 2.28. The third-order valence-electron chi connectivity index (χ3n) is 4.28. The summed E-state index contributed by atoms with van der Waals surface area (Å²) in [5.41, 5.74) is 1.45. The lowest BCUT2D eigenvalue weighted by Crippen LogP contribution is -2.20. The van der Waals surface area contributed by atoms with Gasteiger partial charge in [-0.1, -0.05) is 46.9 Å². The van der Waals surface area contributed by atoms with Gasteiger partial charge in [0.2, 0.25) is 0 Å². The van der Waals surface area contributed by atoms with Crippen LogP contribution in [0.15, 0.2) is 70.7 Å². The number of hydrogen-bond donors (Lipinski definition) is 2. The van der Waals surface area contributed by atoms with E-state index in [4.69, 9.17) is 39.5 Å². The van der Waals surface area contributed by atoms with Gasteiger partial charge < -0.3 is 15.4 Å². The largest absolute Gasteiger partial charge is 0.483 e. The molecule has 0 saturated carbocycles. The maximum absolute atomic E-state index is 12.4. The van der Waals surface area contributed by atoms with Crippen LogP contribution in [0.4, 0.5) is 11.4 Å². The second-order valence-corrected chi connectivity index (χ2v) is 8.90. The van der Waals surface area contributed by atoms with Crippen molar-refractivity contribution in [3.63, 3.8) is 0 Å². The molecule has 0 aliphatic heterocycles. The van der Waals surface area contributed by atoms with E-state index in [1.54, 1.807) is 54.6 Å². The standard InChI is InChI=1S/C24H15BrCl3N3O3/c25-19-9-14(8-15(12-29)24(33)31-17-3-1-2-16(26)10-17)4-7-22(19)34-13-23(32)30-18-5-6-20(27)21(28)11-18/h1-11H,13H2,(H,30,32)(H,31,33)/b15-8-. The van der Waals surface area contributed by atoms with Crippen molar-refractivity contribution in [2.24, 2.45) is 0 Å². The molecule has 0 heterocycles. The van der Waals surface area contributed by atoms with Crippen LogP contribution >= 0.6 is 50.7 Å². The van der Waals surface area contributed by atoms with Gasteiger partial charge in [-0.25, -0.2) is 0 Å². The first-order valence-electron chi connectivity index (χ1n) is 9.61. The van der Waals surface area contributed by atoms with Crippen LogP contribution in [0.2, 0.25) is 15.1 Å².